The molecule has 0 aromatic carbocycles. The smallest absolute Gasteiger partial charge is 0.462 e. The Morgan fingerprint density at radius 2 is 0.537 bits per heavy atom. The first kappa shape index (κ1) is 93.1. The molecule has 17 nitrogen and oxygen atoms in total. The highest BCUT2D eigenvalue weighted by atomic mass is 31.2. The summed E-state index contributed by atoms with van der Waals surface area (Å²) >= 11 is 0. The van der Waals surface area contributed by atoms with Gasteiger partial charge in [-0.15, -0.1) is 0 Å². The van der Waals surface area contributed by atoms with E-state index in [2.05, 4.69) is 48.5 Å². The lowest BCUT2D eigenvalue weighted by atomic mass is 9.99. The molecule has 7 atom stereocenters. The first-order chi connectivity index (χ1) is 45.8. The molecule has 0 fully saturated rings. The van der Waals surface area contributed by atoms with Crippen molar-refractivity contribution >= 4 is 39.5 Å². The molecular formula is C76H148O17P2. The van der Waals surface area contributed by atoms with Crippen molar-refractivity contribution in [3.63, 3.8) is 0 Å². The van der Waals surface area contributed by atoms with Gasteiger partial charge in [0.25, 0.3) is 0 Å². The molecular weight excluding hydrogens is 1250 g/mol. The maximum atomic E-state index is 13.1. The molecule has 0 heterocycles. The zero-order valence-corrected chi connectivity index (χ0v) is 63.9. The number of aliphatic hydroxyl groups is 1. The van der Waals surface area contributed by atoms with Gasteiger partial charge in [0.15, 0.2) is 12.2 Å². The van der Waals surface area contributed by atoms with E-state index < -0.39 is 97.5 Å². The van der Waals surface area contributed by atoms with Crippen LogP contribution in [0.5, 0.6) is 0 Å². The number of phosphoric ester groups is 2. The summed E-state index contributed by atoms with van der Waals surface area (Å²) in [6.45, 7) is 11.9. The fourth-order valence-corrected chi connectivity index (χ4v) is 13.1. The molecule has 0 bridgehead atoms. The van der Waals surface area contributed by atoms with Crippen LogP contribution in [-0.2, 0) is 65.4 Å². The number of aliphatic hydroxyl groups excluding tert-OH is 1. The number of hydrogen-bond acceptors (Lipinski definition) is 15. The lowest BCUT2D eigenvalue weighted by Gasteiger charge is -2.21. The predicted octanol–water partition coefficient (Wildman–Crippen LogP) is 22.2. The number of esters is 4. The van der Waals surface area contributed by atoms with Gasteiger partial charge in [-0.1, -0.05) is 337 Å². The van der Waals surface area contributed by atoms with E-state index >= 15 is 0 Å². The maximum Gasteiger partial charge on any atom is 0.472 e. The Labute approximate surface area is 581 Å². The van der Waals surface area contributed by atoms with Gasteiger partial charge < -0.3 is 33.8 Å². The third kappa shape index (κ3) is 67.6. The zero-order valence-electron chi connectivity index (χ0n) is 62.1. The number of carbonyl (C=O) groups excluding carboxylic acids is 4. The second-order valence-electron chi connectivity index (χ2n) is 28.4. The average molecular weight is 1400 g/mol. The molecule has 564 valence electrons. The van der Waals surface area contributed by atoms with E-state index in [0.29, 0.717) is 25.7 Å². The lowest BCUT2D eigenvalue weighted by molar-refractivity contribution is -0.161. The molecule has 0 aliphatic heterocycles. The second-order valence-corrected chi connectivity index (χ2v) is 31.3. The van der Waals surface area contributed by atoms with Crippen molar-refractivity contribution in [1.82, 2.24) is 0 Å². The number of hydrogen-bond donors (Lipinski definition) is 3. The minimum atomic E-state index is -4.96. The highest BCUT2D eigenvalue weighted by molar-refractivity contribution is 7.47. The summed E-state index contributed by atoms with van der Waals surface area (Å²) in [5, 5.41) is 10.6. The fourth-order valence-electron chi connectivity index (χ4n) is 11.5. The largest absolute Gasteiger partial charge is 0.472 e. The topological polar surface area (TPSA) is 237 Å². The summed E-state index contributed by atoms with van der Waals surface area (Å²) in [5.74, 6) is 0.175. The molecule has 0 spiro atoms. The van der Waals surface area contributed by atoms with Gasteiger partial charge in [0.05, 0.1) is 26.4 Å². The van der Waals surface area contributed by atoms with Gasteiger partial charge in [-0.25, -0.2) is 9.13 Å². The van der Waals surface area contributed by atoms with E-state index in [4.69, 9.17) is 37.0 Å². The van der Waals surface area contributed by atoms with Crippen LogP contribution in [0.1, 0.15) is 389 Å². The number of rotatable bonds is 74. The van der Waals surface area contributed by atoms with Gasteiger partial charge in [0.1, 0.15) is 19.3 Å². The quantitative estimate of drug-likeness (QED) is 0.0222. The molecule has 0 saturated carbocycles. The molecule has 0 aliphatic carbocycles. The van der Waals surface area contributed by atoms with Gasteiger partial charge in [0, 0.05) is 25.7 Å². The van der Waals surface area contributed by atoms with Gasteiger partial charge in [-0.3, -0.25) is 37.3 Å². The number of carbonyl (C=O) groups is 4. The van der Waals surface area contributed by atoms with Gasteiger partial charge in [-0.2, -0.15) is 0 Å². The van der Waals surface area contributed by atoms with Crippen molar-refractivity contribution in [2.75, 3.05) is 39.6 Å². The molecule has 0 radical (unpaired) electrons. The molecule has 0 saturated heterocycles. The van der Waals surface area contributed by atoms with Crippen molar-refractivity contribution in [2.45, 2.75) is 407 Å². The Balaban J connectivity index is 5.24. The van der Waals surface area contributed by atoms with Crippen molar-refractivity contribution in [3.8, 4) is 0 Å². The SMILES string of the molecule is CCCCCCCCCCCCCCCCCCC(=O)OC[C@H](COP(=O)(O)OC[C@@H](O)COP(=O)(O)OC[C@@H](COC(=O)CCCCCCCCC(C)CC)OC(=O)CCCCCCCCCCC(C)C)OC(=O)CCCCCCCCCCCCCCCCC(C)CC. The Kier molecular flexibility index (Phi) is 65.2. The second kappa shape index (κ2) is 66.6. The van der Waals surface area contributed by atoms with Crippen LogP contribution in [0.3, 0.4) is 0 Å². The minimum absolute atomic E-state index is 0.104. The van der Waals surface area contributed by atoms with E-state index in [9.17, 15) is 43.2 Å². The summed E-state index contributed by atoms with van der Waals surface area (Å²) in [6, 6.07) is 0. The summed E-state index contributed by atoms with van der Waals surface area (Å²) in [7, 11) is -9.91. The van der Waals surface area contributed by atoms with Gasteiger partial charge in [0.2, 0.25) is 0 Å². The molecule has 0 rings (SSSR count). The lowest BCUT2D eigenvalue weighted by Crippen LogP contribution is -2.30. The third-order valence-corrected chi connectivity index (χ3v) is 20.3. The van der Waals surface area contributed by atoms with Crippen molar-refractivity contribution in [2.24, 2.45) is 17.8 Å². The summed E-state index contributed by atoms with van der Waals surface area (Å²) in [4.78, 5) is 72.8. The summed E-state index contributed by atoms with van der Waals surface area (Å²) in [6.07, 6.45) is 52.7. The number of unbranched alkanes of at least 4 members (excludes halogenated alkanes) is 40. The van der Waals surface area contributed by atoms with Crippen molar-refractivity contribution in [3.05, 3.63) is 0 Å². The Hall–Kier alpha value is -1.94. The Bertz CT molecular complexity index is 1860. The first-order valence-corrected chi connectivity index (χ1v) is 42.4. The molecule has 95 heavy (non-hydrogen) atoms. The van der Waals surface area contributed by atoms with Gasteiger partial charge in [-0.05, 0) is 43.4 Å². The summed E-state index contributed by atoms with van der Waals surface area (Å²) < 4.78 is 68.5. The Morgan fingerprint density at radius 1 is 0.305 bits per heavy atom. The molecule has 0 aromatic heterocycles. The molecule has 19 heteroatoms. The standard InChI is InChI=1S/C76H148O17P2/c1-8-11-12-13-14-15-16-17-18-19-23-26-29-35-43-50-57-73(78)86-63-71(92-75(80)59-52-45-36-30-27-24-21-20-22-25-28-34-41-48-55-68(6)9-2)65-90-94(82,83)88-61-70(77)62-89-95(84,85)91-66-72(64-87-74(79)58-51-44-39-38-42-49-56-69(7)10-3)93-76(81)60-53-46-37-32-31-33-40-47-54-67(4)5/h67-72,77H,8-66H2,1-7H3,(H,82,83)(H,84,85)/t68?,69?,70-,71-,72-/m1/s1. The van der Waals surface area contributed by atoms with Crippen LogP contribution in [0.2, 0.25) is 0 Å². The Morgan fingerprint density at radius 3 is 0.800 bits per heavy atom. The van der Waals surface area contributed by atoms with Crippen LogP contribution in [0.4, 0.5) is 0 Å². The van der Waals surface area contributed by atoms with Crippen LogP contribution >= 0.6 is 15.6 Å². The van der Waals surface area contributed by atoms with Gasteiger partial charge >= 0.3 is 39.5 Å². The highest BCUT2D eigenvalue weighted by Gasteiger charge is 2.30. The highest BCUT2D eigenvalue weighted by Crippen LogP contribution is 2.45. The van der Waals surface area contributed by atoms with E-state index in [1.807, 2.05) is 0 Å². The van der Waals surface area contributed by atoms with Crippen LogP contribution in [0.25, 0.3) is 0 Å². The normalized spacial score (nSPS) is 14.6. The molecule has 4 unspecified atom stereocenters. The molecule has 0 amide bonds. The summed E-state index contributed by atoms with van der Waals surface area (Å²) in [5.41, 5.74) is 0. The molecule has 0 aromatic rings. The van der Waals surface area contributed by atoms with Crippen molar-refractivity contribution < 1.29 is 80.2 Å². The fraction of sp³-hybridized carbons (Fsp3) is 0.947. The third-order valence-electron chi connectivity index (χ3n) is 18.4. The monoisotopic (exact) mass is 1400 g/mol. The van der Waals surface area contributed by atoms with Crippen LogP contribution in [-0.4, -0.2) is 96.7 Å². The first-order valence-electron chi connectivity index (χ1n) is 39.4. The number of ether oxygens (including phenoxy) is 4. The van der Waals surface area contributed by atoms with E-state index in [1.165, 1.54) is 193 Å². The molecule has 3 N–H and O–H groups in total. The van der Waals surface area contributed by atoms with E-state index in [-0.39, 0.29) is 25.7 Å². The number of phosphoric acid groups is 2. The zero-order chi connectivity index (χ0) is 70.1. The van der Waals surface area contributed by atoms with Crippen LogP contribution < -0.4 is 0 Å². The maximum absolute atomic E-state index is 13.1. The average Bonchev–Trinajstić information content (AvgIpc) is 1.49. The minimum Gasteiger partial charge on any atom is -0.462 e. The molecule has 0 aliphatic rings. The van der Waals surface area contributed by atoms with Crippen LogP contribution in [0.15, 0.2) is 0 Å². The van der Waals surface area contributed by atoms with Crippen molar-refractivity contribution in [1.29, 1.82) is 0 Å². The van der Waals surface area contributed by atoms with Crippen LogP contribution in [0, 0.1) is 17.8 Å². The van der Waals surface area contributed by atoms with E-state index in [0.717, 1.165) is 114 Å². The predicted molar refractivity (Wildman–Crippen MR) is 386 cm³/mol. The van der Waals surface area contributed by atoms with E-state index in [1.54, 1.807) is 0 Å².